The van der Waals surface area contributed by atoms with Crippen LogP contribution < -0.4 is 10.6 Å². The quantitative estimate of drug-likeness (QED) is 0.801. The minimum atomic E-state index is 0.457. The zero-order valence-corrected chi connectivity index (χ0v) is 13.1. The Morgan fingerprint density at radius 3 is 2.38 bits per heavy atom. The first-order valence-corrected chi connectivity index (χ1v) is 7.65. The van der Waals surface area contributed by atoms with Crippen LogP contribution in [-0.4, -0.2) is 23.1 Å². The highest BCUT2D eigenvalue weighted by molar-refractivity contribution is 5.61. The minimum absolute atomic E-state index is 0.457. The molecule has 0 amide bonds. The van der Waals surface area contributed by atoms with Crippen LogP contribution in [0.4, 0.5) is 11.6 Å². The van der Waals surface area contributed by atoms with Crippen molar-refractivity contribution in [2.45, 2.75) is 39.2 Å². The van der Waals surface area contributed by atoms with Gasteiger partial charge < -0.3 is 10.6 Å². The molecular formula is C17H24N4. The Morgan fingerprint density at radius 1 is 1.05 bits per heavy atom. The van der Waals surface area contributed by atoms with Crippen molar-refractivity contribution in [1.82, 2.24) is 9.97 Å². The Hall–Kier alpha value is -2.10. The predicted molar refractivity (Wildman–Crippen MR) is 89.6 cm³/mol. The molecule has 1 atom stereocenters. The lowest BCUT2D eigenvalue weighted by atomic mass is 10.1. The average Bonchev–Trinajstić information content (AvgIpc) is 2.55. The van der Waals surface area contributed by atoms with E-state index < -0.39 is 0 Å². The van der Waals surface area contributed by atoms with Crippen molar-refractivity contribution in [2.75, 3.05) is 17.7 Å². The van der Waals surface area contributed by atoms with Crippen molar-refractivity contribution in [1.29, 1.82) is 0 Å². The number of hydrogen-bond donors (Lipinski definition) is 2. The minimum Gasteiger partial charge on any atom is -0.373 e. The molecule has 0 spiro atoms. The maximum Gasteiger partial charge on any atom is 0.163 e. The smallest absolute Gasteiger partial charge is 0.163 e. The molecule has 0 bridgehead atoms. The van der Waals surface area contributed by atoms with E-state index in [1.165, 1.54) is 6.42 Å². The molecular weight excluding hydrogens is 260 g/mol. The first-order valence-electron chi connectivity index (χ1n) is 7.65. The molecule has 4 nitrogen and oxygen atoms in total. The van der Waals surface area contributed by atoms with Crippen molar-refractivity contribution in [3.8, 4) is 11.4 Å². The van der Waals surface area contributed by atoms with Gasteiger partial charge in [0.05, 0.1) is 0 Å². The summed E-state index contributed by atoms with van der Waals surface area (Å²) in [5, 5.41) is 6.63. The van der Waals surface area contributed by atoms with Gasteiger partial charge in [-0.05, 0) is 12.8 Å². The Morgan fingerprint density at radius 2 is 1.76 bits per heavy atom. The molecule has 1 aromatic heterocycles. The number of rotatable bonds is 7. The molecule has 0 aliphatic heterocycles. The molecule has 0 radical (unpaired) electrons. The summed E-state index contributed by atoms with van der Waals surface area (Å²) >= 11 is 0. The van der Waals surface area contributed by atoms with Crippen molar-refractivity contribution in [2.24, 2.45) is 0 Å². The average molecular weight is 284 g/mol. The van der Waals surface area contributed by atoms with Crippen molar-refractivity contribution in [3.63, 3.8) is 0 Å². The summed E-state index contributed by atoms with van der Waals surface area (Å²) in [6.45, 7) is 4.41. The van der Waals surface area contributed by atoms with E-state index in [0.29, 0.717) is 6.04 Å². The molecule has 1 heterocycles. The van der Waals surface area contributed by atoms with E-state index in [1.807, 2.05) is 43.4 Å². The van der Waals surface area contributed by atoms with Gasteiger partial charge in [-0.15, -0.1) is 0 Å². The largest absolute Gasteiger partial charge is 0.373 e. The SMILES string of the molecule is CCCC(CC)Nc1cc(NC)nc(-c2ccccc2)n1. The highest BCUT2D eigenvalue weighted by Gasteiger charge is 2.09. The third-order valence-corrected chi connectivity index (χ3v) is 3.50. The first kappa shape index (κ1) is 15.3. The van der Waals surface area contributed by atoms with Crippen molar-refractivity contribution >= 4 is 11.6 Å². The highest BCUT2D eigenvalue weighted by Crippen LogP contribution is 2.21. The zero-order valence-electron chi connectivity index (χ0n) is 13.1. The third-order valence-electron chi connectivity index (χ3n) is 3.50. The van der Waals surface area contributed by atoms with Crippen LogP contribution in [-0.2, 0) is 0 Å². The fourth-order valence-electron chi connectivity index (χ4n) is 2.30. The van der Waals surface area contributed by atoms with E-state index in [0.717, 1.165) is 35.9 Å². The van der Waals surface area contributed by atoms with Gasteiger partial charge in [0.2, 0.25) is 0 Å². The number of hydrogen-bond acceptors (Lipinski definition) is 4. The van der Waals surface area contributed by atoms with Gasteiger partial charge in [-0.1, -0.05) is 50.6 Å². The monoisotopic (exact) mass is 284 g/mol. The number of nitrogens with one attached hydrogen (secondary N) is 2. The topological polar surface area (TPSA) is 49.8 Å². The van der Waals surface area contributed by atoms with Crippen molar-refractivity contribution < 1.29 is 0 Å². The molecule has 1 unspecified atom stereocenters. The molecule has 0 fully saturated rings. The molecule has 0 aliphatic carbocycles. The lowest BCUT2D eigenvalue weighted by molar-refractivity contribution is 0.620. The molecule has 112 valence electrons. The van der Waals surface area contributed by atoms with Gasteiger partial charge in [0.15, 0.2) is 5.82 Å². The molecule has 2 N–H and O–H groups in total. The molecule has 0 saturated carbocycles. The highest BCUT2D eigenvalue weighted by atomic mass is 15.1. The second-order valence-electron chi connectivity index (χ2n) is 5.12. The van der Waals surface area contributed by atoms with Crippen LogP contribution >= 0.6 is 0 Å². The number of anilines is 2. The lowest BCUT2D eigenvalue weighted by Crippen LogP contribution is -2.19. The van der Waals surface area contributed by atoms with Gasteiger partial charge in [-0.25, -0.2) is 9.97 Å². The van der Waals surface area contributed by atoms with Crippen LogP contribution in [0.1, 0.15) is 33.1 Å². The predicted octanol–water partition coefficient (Wildman–Crippen LogP) is 4.18. The Labute approximate surface area is 127 Å². The molecule has 0 aliphatic rings. The summed E-state index contributed by atoms with van der Waals surface area (Å²) in [5.74, 6) is 2.46. The Bertz CT molecular complexity index is 554. The maximum absolute atomic E-state index is 4.66. The second-order valence-corrected chi connectivity index (χ2v) is 5.12. The van der Waals surface area contributed by atoms with E-state index in [4.69, 9.17) is 0 Å². The summed E-state index contributed by atoms with van der Waals surface area (Å²) in [6.07, 6.45) is 3.41. The number of nitrogens with zero attached hydrogens (tertiary/aromatic N) is 2. The summed E-state index contributed by atoms with van der Waals surface area (Å²) < 4.78 is 0. The number of aromatic nitrogens is 2. The normalized spacial score (nSPS) is 12.0. The van der Waals surface area contributed by atoms with E-state index in [9.17, 15) is 0 Å². The standard InChI is InChI=1S/C17H24N4/c1-4-9-14(5-2)19-16-12-15(18-3)20-17(21-16)13-10-7-6-8-11-13/h6-8,10-12,14H,4-5,9H2,1-3H3,(H2,18,19,20,21). The van der Waals surface area contributed by atoms with Crippen LogP contribution in [0.2, 0.25) is 0 Å². The summed E-state index contributed by atoms with van der Waals surface area (Å²) in [5.41, 5.74) is 1.03. The fraction of sp³-hybridized carbons (Fsp3) is 0.412. The van der Waals surface area contributed by atoms with Gasteiger partial charge in [-0.2, -0.15) is 0 Å². The van der Waals surface area contributed by atoms with Crippen LogP contribution in [0.5, 0.6) is 0 Å². The van der Waals surface area contributed by atoms with E-state index in [-0.39, 0.29) is 0 Å². The molecule has 2 rings (SSSR count). The van der Waals surface area contributed by atoms with E-state index in [1.54, 1.807) is 0 Å². The third kappa shape index (κ3) is 4.18. The maximum atomic E-state index is 4.66. The molecule has 21 heavy (non-hydrogen) atoms. The fourth-order valence-corrected chi connectivity index (χ4v) is 2.30. The summed E-state index contributed by atoms with van der Waals surface area (Å²) in [4.78, 5) is 9.20. The second kappa shape index (κ2) is 7.62. The molecule has 1 aromatic carbocycles. The van der Waals surface area contributed by atoms with Crippen LogP contribution in [0.25, 0.3) is 11.4 Å². The Kier molecular flexibility index (Phi) is 5.55. The molecule has 4 heteroatoms. The molecule has 2 aromatic rings. The molecule has 0 saturated heterocycles. The van der Waals surface area contributed by atoms with E-state index >= 15 is 0 Å². The Balaban J connectivity index is 2.29. The van der Waals surface area contributed by atoms with Gasteiger partial charge >= 0.3 is 0 Å². The van der Waals surface area contributed by atoms with Crippen LogP contribution in [0, 0.1) is 0 Å². The van der Waals surface area contributed by atoms with E-state index in [2.05, 4.69) is 34.4 Å². The zero-order chi connectivity index (χ0) is 15.1. The van der Waals surface area contributed by atoms with Gasteiger partial charge in [-0.3, -0.25) is 0 Å². The van der Waals surface area contributed by atoms with Gasteiger partial charge in [0.1, 0.15) is 11.6 Å². The summed E-state index contributed by atoms with van der Waals surface area (Å²) in [7, 11) is 1.88. The van der Waals surface area contributed by atoms with Gasteiger partial charge in [0.25, 0.3) is 0 Å². The lowest BCUT2D eigenvalue weighted by Gasteiger charge is -2.17. The van der Waals surface area contributed by atoms with Crippen LogP contribution in [0.3, 0.4) is 0 Å². The van der Waals surface area contributed by atoms with Gasteiger partial charge in [0, 0.05) is 24.7 Å². The number of benzene rings is 1. The van der Waals surface area contributed by atoms with Crippen LogP contribution in [0.15, 0.2) is 36.4 Å². The first-order chi connectivity index (χ1) is 10.3. The summed E-state index contributed by atoms with van der Waals surface area (Å²) in [6, 6.07) is 12.5. The van der Waals surface area contributed by atoms with Crippen molar-refractivity contribution in [3.05, 3.63) is 36.4 Å².